The Labute approximate surface area is 173 Å². The van der Waals surface area contributed by atoms with Gasteiger partial charge in [0.25, 0.3) is 5.91 Å². The van der Waals surface area contributed by atoms with E-state index in [1.807, 2.05) is 10.9 Å². The zero-order valence-electron chi connectivity index (χ0n) is 16.7. The van der Waals surface area contributed by atoms with E-state index in [0.717, 1.165) is 18.4 Å². The van der Waals surface area contributed by atoms with Gasteiger partial charge in [0.1, 0.15) is 11.8 Å². The van der Waals surface area contributed by atoms with Gasteiger partial charge in [0.2, 0.25) is 0 Å². The highest BCUT2D eigenvalue weighted by Gasteiger charge is 2.25. The second kappa shape index (κ2) is 7.44. The number of nitrogens with two attached hydrogens (primary N) is 1. The van der Waals surface area contributed by atoms with Gasteiger partial charge in [-0.15, -0.1) is 0 Å². The van der Waals surface area contributed by atoms with Gasteiger partial charge in [0, 0.05) is 34.9 Å². The monoisotopic (exact) mass is 399 g/mol. The Bertz CT molecular complexity index is 1210. The lowest BCUT2D eigenvalue weighted by Crippen LogP contribution is -2.17. The Balaban J connectivity index is 1.58. The number of carbonyl (C=O) groups is 1. The van der Waals surface area contributed by atoms with E-state index in [1.165, 1.54) is 6.20 Å². The van der Waals surface area contributed by atoms with Gasteiger partial charge in [-0.05, 0) is 56.0 Å². The van der Waals surface area contributed by atoms with E-state index >= 15 is 0 Å². The molecule has 3 aromatic rings. The van der Waals surface area contributed by atoms with Crippen LogP contribution >= 0.6 is 0 Å². The lowest BCUT2D eigenvalue weighted by molar-refractivity contribution is 0.102. The third-order valence-corrected chi connectivity index (χ3v) is 5.37. The van der Waals surface area contributed by atoms with Crippen LogP contribution in [0.1, 0.15) is 57.2 Å². The van der Waals surface area contributed by atoms with Gasteiger partial charge >= 0.3 is 0 Å². The van der Waals surface area contributed by atoms with Crippen LogP contribution in [0.15, 0.2) is 36.8 Å². The SMILES string of the molecule is Cc1c(C#N)cnc(C(=O)Nc2ccc(N)c(C(=N)c3cnn(C4CC4)c3)c2)c1C. The van der Waals surface area contributed by atoms with Crippen LogP contribution in [-0.2, 0) is 0 Å². The fraction of sp³-hybridized carbons (Fsp3) is 0.227. The van der Waals surface area contributed by atoms with Gasteiger partial charge in [0.15, 0.2) is 0 Å². The van der Waals surface area contributed by atoms with Crippen LogP contribution in [0.3, 0.4) is 0 Å². The van der Waals surface area contributed by atoms with Crippen LogP contribution in [0.4, 0.5) is 11.4 Å². The Morgan fingerprint density at radius 1 is 1.30 bits per heavy atom. The number of anilines is 2. The summed E-state index contributed by atoms with van der Waals surface area (Å²) in [5.74, 6) is -0.385. The molecule has 1 aliphatic carbocycles. The molecule has 0 radical (unpaired) electrons. The zero-order chi connectivity index (χ0) is 21.4. The molecule has 1 aromatic carbocycles. The van der Waals surface area contributed by atoms with Crippen molar-refractivity contribution in [3.05, 3.63) is 70.3 Å². The summed E-state index contributed by atoms with van der Waals surface area (Å²) in [5, 5.41) is 24.8. The van der Waals surface area contributed by atoms with Crippen LogP contribution in [0.25, 0.3) is 0 Å². The smallest absolute Gasteiger partial charge is 0.274 e. The van der Waals surface area contributed by atoms with Crippen molar-refractivity contribution < 1.29 is 4.79 Å². The lowest BCUT2D eigenvalue weighted by atomic mass is 10.0. The first-order valence-electron chi connectivity index (χ1n) is 9.59. The second-order valence-electron chi connectivity index (χ2n) is 7.45. The Hall–Kier alpha value is -3.99. The van der Waals surface area contributed by atoms with Crippen LogP contribution in [0, 0.1) is 30.6 Å². The number of rotatable bonds is 5. The summed E-state index contributed by atoms with van der Waals surface area (Å²) in [5.41, 5.74) is 10.6. The maximum atomic E-state index is 12.8. The number of carbonyl (C=O) groups excluding carboxylic acids is 1. The highest BCUT2D eigenvalue weighted by atomic mass is 16.1. The number of amides is 1. The molecule has 0 spiro atoms. The molecule has 0 bridgehead atoms. The minimum Gasteiger partial charge on any atom is -0.398 e. The molecule has 0 saturated heterocycles. The average Bonchev–Trinajstić information content (AvgIpc) is 3.47. The predicted molar refractivity (Wildman–Crippen MR) is 114 cm³/mol. The number of nitrogens with one attached hydrogen (secondary N) is 2. The van der Waals surface area contributed by atoms with E-state index in [2.05, 4.69) is 21.5 Å². The molecule has 4 N–H and O–H groups in total. The third-order valence-electron chi connectivity index (χ3n) is 5.37. The molecule has 8 nitrogen and oxygen atoms in total. The fourth-order valence-corrected chi connectivity index (χ4v) is 3.25. The molecule has 30 heavy (non-hydrogen) atoms. The third kappa shape index (κ3) is 3.53. The highest BCUT2D eigenvalue weighted by molar-refractivity contribution is 6.14. The summed E-state index contributed by atoms with van der Waals surface area (Å²) < 4.78 is 1.88. The largest absolute Gasteiger partial charge is 0.398 e. The molecule has 1 saturated carbocycles. The maximum Gasteiger partial charge on any atom is 0.274 e. The molecule has 0 atom stereocenters. The minimum absolute atomic E-state index is 0.249. The zero-order valence-corrected chi connectivity index (χ0v) is 16.7. The molecule has 1 aliphatic rings. The number of pyridine rings is 1. The minimum atomic E-state index is -0.385. The van der Waals surface area contributed by atoms with E-state index in [0.29, 0.717) is 39.7 Å². The number of hydrogen-bond acceptors (Lipinski definition) is 6. The van der Waals surface area contributed by atoms with E-state index in [1.54, 1.807) is 38.2 Å². The summed E-state index contributed by atoms with van der Waals surface area (Å²) in [4.78, 5) is 16.9. The Morgan fingerprint density at radius 2 is 2.07 bits per heavy atom. The van der Waals surface area contributed by atoms with Crippen LogP contribution in [0.5, 0.6) is 0 Å². The molecule has 4 rings (SSSR count). The number of nitrogen functional groups attached to an aromatic ring is 1. The van der Waals surface area contributed by atoms with Gasteiger partial charge in [-0.1, -0.05) is 0 Å². The van der Waals surface area contributed by atoms with Crippen molar-refractivity contribution in [3.8, 4) is 6.07 Å². The summed E-state index contributed by atoms with van der Waals surface area (Å²) in [6.45, 7) is 3.55. The van der Waals surface area contributed by atoms with Crippen LogP contribution < -0.4 is 11.1 Å². The van der Waals surface area contributed by atoms with E-state index < -0.39 is 0 Å². The quantitative estimate of drug-likeness (QED) is 0.447. The topological polar surface area (TPSA) is 133 Å². The van der Waals surface area contributed by atoms with Gasteiger partial charge in [-0.25, -0.2) is 4.98 Å². The Morgan fingerprint density at radius 3 is 2.77 bits per heavy atom. The highest BCUT2D eigenvalue weighted by Crippen LogP contribution is 2.34. The lowest BCUT2D eigenvalue weighted by Gasteiger charge is -2.12. The Kier molecular flexibility index (Phi) is 4.80. The van der Waals surface area contributed by atoms with Crippen LogP contribution in [0.2, 0.25) is 0 Å². The number of nitriles is 1. The molecular weight excluding hydrogens is 378 g/mol. The summed E-state index contributed by atoms with van der Waals surface area (Å²) in [7, 11) is 0. The van der Waals surface area contributed by atoms with Gasteiger partial charge in [-0.2, -0.15) is 10.4 Å². The summed E-state index contributed by atoms with van der Waals surface area (Å²) >= 11 is 0. The molecule has 1 amide bonds. The molecule has 8 heteroatoms. The van der Waals surface area contributed by atoms with E-state index in [-0.39, 0.29) is 17.3 Å². The van der Waals surface area contributed by atoms with Crippen LogP contribution in [-0.4, -0.2) is 26.4 Å². The molecule has 2 aromatic heterocycles. The van der Waals surface area contributed by atoms with Crippen molar-refractivity contribution in [3.63, 3.8) is 0 Å². The number of hydrogen-bond donors (Lipinski definition) is 3. The molecule has 0 aliphatic heterocycles. The average molecular weight is 399 g/mol. The second-order valence-corrected chi connectivity index (χ2v) is 7.45. The predicted octanol–water partition coefficient (Wildman–Crippen LogP) is 3.35. The van der Waals surface area contributed by atoms with Crippen molar-refractivity contribution >= 4 is 23.0 Å². The number of aromatic nitrogens is 3. The molecular formula is C22H21N7O. The van der Waals surface area contributed by atoms with E-state index in [4.69, 9.17) is 16.4 Å². The molecule has 150 valence electrons. The van der Waals surface area contributed by atoms with Crippen molar-refractivity contribution in [1.82, 2.24) is 14.8 Å². The first kappa shape index (κ1) is 19.3. The van der Waals surface area contributed by atoms with Crippen molar-refractivity contribution in [2.24, 2.45) is 0 Å². The van der Waals surface area contributed by atoms with Gasteiger partial charge in [0.05, 0.1) is 23.5 Å². The molecule has 0 unspecified atom stereocenters. The number of nitrogens with zero attached hydrogens (tertiary/aromatic N) is 4. The van der Waals surface area contributed by atoms with E-state index in [9.17, 15) is 4.79 Å². The normalized spacial score (nSPS) is 13.0. The summed E-state index contributed by atoms with van der Waals surface area (Å²) in [6.07, 6.45) is 7.15. The maximum absolute atomic E-state index is 12.8. The van der Waals surface area contributed by atoms with Gasteiger partial charge in [-0.3, -0.25) is 14.9 Å². The first-order valence-corrected chi connectivity index (χ1v) is 9.59. The fourth-order valence-electron chi connectivity index (χ4n) is 3.25. The number of benzene rings is 1. The van der Waals surface area contributed by atoms with Gasteiger partial charge < -0.3 is 11.1 Å². The van der Waals surface area contributed by atoms with Crippen molar-refractivity contribution in [1.29, 1.82) is 10.7 Å². The molecule has 1 fully saturated rings. The molecule has 2 heterocycles. The van der Waals surface area contributed by atoms with Crippen molar-refractivity contribution in [2.75, 3.05) is 11.1 Å². The summed E-state index contributed by atoms with van der Waals surface area (Å²) in [6, 6.07) is 7.52. The standard InChI is InChI=1S/C22H21N7O/c1-12-13(2)21(26-9-14(12)8-23)22(30)28-16-3-6-19(24)18(7-16)20(25)15-10-27-29(11-15)17-4-5-17/h3,6-7,9-11,17,25H,4-5,24H2,1-2H3,(H,28,30). The van der Waals surface area contributed by atoms with Crippen molar-refractivity contribution in [2.45, 2.75) is 32.7 Å². The first-order chi connectivity index (χ1) is 14.4.